The van der Waals surface area contributed by atoms with E-state index in [-0.39, 0.29) is 23.4 Å². The van der Waals surface area contributed by atoms with Crippen molar-refractivity contribution in [1.29, 1.82) is 0 Å². The third-order valence-electron chi connectivity index (χ3n) is 3.07. The van der Waals surface area contributed by atoms with Gasteiger partial charge in [-0.2, -0.15) is 0 Å². The lowest BCUT2D eigenvalue weighted by atomic mass is 10.1. The van der Waals surface area contributed by atoms with Crippen molar-refractivity contribution in [1.82, 2.24) is 0 Å². The van der Waals surface area contributed by atoms with E-state index < -0.39 is 5.97 Å². The summed E-state index contributed by atoms with van der Waals surface area (Å²) in [6.07, 6.45) is 0. The van der Waals surface area contributed by atoms with E-state index in [0.29, 0.717) is 15.5 Å². The molecule has 0 fully saturated rings. The Hall–Kier alpha value is -1.91. The molecule has 5 heteroatoms. The molecule has 2 aromatic carbocycles. The molecule has 0 radical (unpaired) electrons. The molecule has 0 saturated carbocycles. The summed E-state index contributed by atoms with van der Waals surface area (Å²) in [7, 11) is 0. The number of carboxylic acid groups (broad SMARTS) is 1. The number of fused-ring (bicyclic) bond motifs is 2. The Bertz CT molecular complexity index is 883. The van der Waals surface area contributed by atoms with Crippen LogP contribution in [-0.2, 0) is 0 Å². The third-order valence-corrected chi connectivity index (χ3v) is 4.21. The summed E-state index contributed by atoms with van der Waals surface area (Å²) in [5.74, 6) is -0.981. The van der Waals surface area contributed by atoms with Gasteiger partial charge in [0.1, 0.15) is 0 Å². The van der Waals surface area contributed by atoms with E-state index in [1.54, 1.807) is 12.1 Å². The lowest BCUT2D eigenvalue weighted by molar-refractivity contribution is -0.0000192. The molecule has 0 aliphatic carbocycles. The molecule has 0 aliphatic rings. The van der Waals surface area contributed by atoms with Crippen molar-refractivity contribution in [3.63, 3.8) is 0 Å². The molecule has 1 N–H and O–H groups in total. The fourth-order valence-corrected chi connectivity index (χ4v) is 3.19. The Kier molecular flexibility index (Phi) is 3.79. The molecule has 1 heterocycles. The number of hydrogen-bond acceptors (Lipinski definition) is 3. The summed E-state index contributed by atoms with van der Waals surface area (Å²) in [5.41, 5.74) is 1.21. The third kappa shape index (κ3) is 2.28. The van der Waals surface area contributed by atoms with Crippen LogP contribution in [-0.4, -0.2) is 11.1 Å². The van der Waals surface area contributed by atoms with Gasteiger partial charge in [0.2, 0.25) is 0 Å². The van der Waals surface area contributed by atoms with E-state index in [4.69, 9.17) is 5.11 Å². The average molecular weight is 306 g/mol. The second-order valence-electron chi connectivity index (χ2n) is 4.45. The van der Waals surface area contributed by atoms with Crippen molar-refractivity contribution in [2.45, 2.75) is 6.92 Å². The molecule has 0 saturated heterocycles. The fourth-order valence-electron chi connectivity index (χ4n) is 2.10. The van der Waals surface area contributed by atoms with Crippen LogP contribution in [0.15, 0.2) is 41.2 Å². The molecule has 102 valence electrons. The van der Waals surface area contributed by atoms with Crippen molar-refractivity contribution in [3.05, 3.63) is 57.7 Å². The summed E-state index contributed by atoms with van der Waals surface area (Å²) in [4.78, 5) is 23.3. The minimum absolute atomic E-state index is 0. The first-order chi connectivity index (χ1) is 9.06. The minimum atomic E-state index is -0.981. The predicted molar refractivity (Wildman–Crippen MR) is 77.3 cm³/mol. The van der Waals surface area contributed by atoms with Crippen molar-refractivity contribution >= 4 is 37.5 Å². The first-order valence-corrected chi connectivity index (χ1v) is 6.58. The standard InChI is InChI=1S/C15H10O3S.ClH/c1-8-2-5-12-11(6-8)14(16)10-4-3-9(15(17)18)7-13(10)19-12;/h2-7H,1H3,(H,17,18);1H/p-1. The van der Waals surface area contributed by atoms with Crippen LogP contribution in [0.1, 0.15) is 15.9 Å². The first kappa shape index (κ1) is 14.5. The van der Waals surface area contributed by atoms with Crippen LogP contribution in [0.25, 0.3) is 20.2 Å². The van der Waals surface area contributed by atoms with Crippen molar-refractivity contribution in [2.75, 3.05) is 0 Å². The summed E-state index contributed by atoms with van der Waals surface area (Å²) in [6, 6.07) is 10.4. The number of carboxylic acids is 1. The zero-order valence-electron chi connectivity index (χ0n) is 10.5. The highest BCUT2D eigenvalue weighted by Crippen LogP contribution is 2.26. The van der Waals surface area contributed by atoms with E-state index in [9.17, 15) is 9.59 Å². The highest BCUT2D eigenvalue weighted by molar-refractivity contribution is 7.24. The molecule has 20 heavy (non-hydrogen) atoms. The van der Waals surface area contributed by atoms with Crippen LogP contribution in [0, 0.1) is 6.92 Å². The van der Waals surface area contributed by atoms with Gasteiger partial charge in [0.15, 0.2) is 5.43 Å². The van der Waals surface area contributed by atoms with E-state index in [2.05, 4.69) is 0 Å². The normalized spacial score (nSPS) is 10.4. The largest absolute Gasteiger partial charge is 1.00 e. The van der Waals surface area contributed by atoms with Gasteiger partial charge in [-0.1, -0.05) is 11.6 Å². The molecule has 0 aliphatic heterocycles. The summed E-state index contributed by atoms with van der Waals surface area (Å²) >= 11 is 1.44. The van der Waals surface area contributed by atoms with Crippen LogP contribution in [0.3, 0.4) is 0 Å². The summed E-state index contributed by atoms with van der Waals surface area (Å²) in [6.45, 7) is 1.95. The lowest BCUT2D eigenvalue weighted by Gasteiger charge is -2.03. The van der Waals surface area contributed by atoms with Gasteiger partial charge in [0.05, 0.1) is 5.56 Å². The summed E-state index contributed by atoms with van der Waals surface area (Å²) in [5, 5.41) is 10.3. The van der Waals surface area contributed by atoms with Gasteiger partial charge in [-0.3, -0.25) is 4.79 Å². The monoisotopic (exact) mass is 305 g/mol. The highest BCUT2D eigenvalue weighted by atomic mass is 35.5. The number of rotatable bonds is 1. The molecule has 0 spiro atoms. The van der Waals surface area contributed by atoms with Crippen LogP contribution in [0.4, 0.5) is 0 Å². The summed E-state index contributed by atoms with van der Waals surface area (Å²) < 4.78 is 1.59. The first-order valence-electron chi connectivity index (χ1n) is 5.77. The molecule has 0 amide bonds. The van der Waals surface area contributed by atoms with Crippen LogP contribution < -0.4 is 17.8 Å². The number of hydrogen-bond donors (Lipinski definition) is 1. The molecule has 0 bridgehead atoms. The molecule has 3 aromatic rings. The Morgan fingerprint density at radius 2 is 1.80 bits per heavy atom. The van der Waals surface area contributed by atoms with E-state index in [1.165, 1.54) is 17.4 Å². The maximum absolute atomic E-state index is 12.4. The van der Waals surface area contributed by atoms with Crippen LogP contribution in [0.5, 0.6) is 0 Å². The van der Waals surface area contributed by atoms with Gasteiger partial charge >= 0.3 is 5.97 Å². The molecular formula is C15H10ClO3S-. The Morgan fingerprint density at radius 3 is 2.50 bits per heavy atom. The van der Waals surface area contributed by atoms with Gasteiger partial charge in [0.25, 0.3) is 0 Å². The van der Waals surface area contributed by atoms with E-state index in [1.807, 2.05) is 25.1 Å². The number of carbonyl (C=O) groups is 1. The Balaban J connectivity index is 0.00000147. The van der Waals surface area contributed by atoms with E-state index in [0.717, 1.165) is 10.3 Å². The smallest absolute Gasteiger partial charge is 0.335 e. The molecule has 1 aromatic heterocycles. The zero-order valence-corrected chi connectivity index (χ0v) is 12.1. The van der Waals surface area contributed by atoms with Gasteiger partial charge in [-0.05, 0) is 37.3 Å². The SMILES string of the molecule is Cc1ccc2sc3cc(C(=O)O)ccc3c(=O)c2c1.[Cl-]. The van der Waals surface area contributed by atoms with Crippen molar-refractivity contribution < 1.29 is 22.3 Å². The van der Waals surface area contributed by atoms with Gasteiger partial charge in [-0.15, -0.1) is 11.3 Å². The molecule has 0 atom stereocenters. The zero-order chi connectivity index (χ0) is 13.6. The number of benzene rings is 2. The number of aryl methyl sites for hydroxylation is 1. The molecule has 3 nitrogen and oxygen atoms in total. The molecule has 3 rings (SSSR count). The quantitative estimate of drug-likeness (QED) is 0.663. The maximum atomic E-state index is 12.4. The Labute approximate surface area is 124 Å². The highest BCUT2D eigenvalue weighted by Gasteiger charge is 2.09. The second kappa shape index (κ2) is 5.23. The Morgan fingerprint density at radius 1 is 1.05 bits per heavy atom. The minimum Gasteiger partial charge on any atom is -1.00 e. The molecular weight excluding hydrogens is 296 g/mol. The molecule has 0 unspecified atom stereocenters. The van der Waals surface area contributed by atoms with Crippen molar-refractivity contribution in [3.8, 4) is 0 Å². The lowest BCUT2D eigenvalue weighted by Crippen LogP contribution is -3.00. The maximum Gasteiger partial charge on any atom is 0.335 e. The fraction of sp³-hybridized carbons (Fsp3) is 0.0667. The van der Waals surface area contributed by atoms with Gasteiger partial charge in [0, 0.05) is 20.2 Å². The average Bonchev–Trinajstić information content (AvgIpc) is 2.39. The van der Waals surface area contributed by atoms with Gasteiger partial charge in [-0.25, -0.2) is 4.79 Å². The van der Waals surface area contributed by atoms with E-state index >= 15 is 0 Å². The number of halogens is 1. The topological polar surface area (TPSA) is 54.4 Å². The second-order valence-corrected chi connectivity index (χ2v) is 5.53. The van der Waals surface area contributed by atoms with Gasteiger partial charge < -0.3 is 17.5 Å². The van der Waals surface area contributed by atoms with Crippen LogP contribution >= 0.6 is 11.3 Å². The number of aromatic carboxylic acids is 1. The predicted octanol–water partition coefficient (Wildman–Crippen LogP) is 0.425. The van der Waals surface area contributed by atoms with Crippen LogP contribution in [0.2, 0.25) is 0 Å². The van der Waals surface area contributed by atoms with Crippen molar-refractivity contribution in [2.24, 2.45) is 0 Å².